The number of carbonyl (C=O) groups excluding carboxylic acids is 3. The number of hydrogen-bond acceptors (Lipinski definition) is 9. The molecule has 1 unspecified atom stereocenters. The van der Waals surface area contributed by atoms with Gasteiger partial charge in [-0.3, -0.25) is 19.5 Å². The molecular weight excluding hydrogens is 653 g/mol. The van der Waals surface area contributed by atoms with E-state index in [1.807, 2.05) is 0 Å². The fourth-order valence-electron chi connectivity index (χ4n) is 6.22. The van der Waals surface area contributed by atoms with Crippen molar-refractivity contribution in [2.45, 2.75) is 57.1 Å². The van der Waals surface area contributed by atoms with Crippen molar-refractivity contribution >= 4 is 52.4 Å². The summed E-state index contributed by atoms with van der Waals surface area (Å²) in [6.45, 7) is 6.47. The molecule has 0 N–H and O–H groups in total. The highest BCUT2D eigenvalue weighted by molar-refractivity contribution is 7.11. The number of aromatic nitrogens is 3. The SMILES string of the molecule is CC(C)(C)OC(=O)N1CCC[C@@H]1C(=O)N1CC2(CN(C(=O)c3cncs3)CC2c2nnc(C(F)(F)c3ccc(Cl)c(Cl)c3)o2)C1. The molecule has 3 aliphatic heterocycles. The Kier molecular flexibility index (Phi) is 8.05. The quantitative estimate of drug-likeness (QED) is 0.349. The van der Waals surface area contributed by atoms with Crippen molar-refractivity contribution in [3.63, 3.8) is 0 Å². The van der Waals surface area contributed by atoms with Crippen molar-refractivity contribution in [2.75, 3.05) is 32.7 Å². The van der Waals surface area contributed by atoms with Crippen LogP contribution in [0.15, 0.2) is 34.3 Å². The summed E-state index contributed by atoms with van der Waals surface area (Å²) in [5, 5.41) is 7.77. The van der Waals surface area contributed by atoms with Gasteiger partial charge in [0.1, 0.15) is 16.5 Å². The molecule has 1 spiro atoms. The van der Waals surface area contributed by atoms with Gasteiger partial charge in [-0.15, -0.1) is 21.5 Å². The first kappa shape index (κ1) is 31.6. The van der Waals surface area contributed by atoms with Crippen molar-refractivity contribution in [3.8, 4) is 0 Å². The Bertz CT molecular complexity index is 1620. The van der Waals surface area contributed by atoms with Gasteiger partial charge in [0, 0.05) is 43.7 Å². The molecule has 3 saturated heterocycles. The Balaban J connectivity index is 1.24. The highest BCUT2D eigenvalue weighted by Crippen LogP contribution is 2.50. The van der Waals surface area contributed by atoms with Crippen LogP contribution in [0.2, 0.25) is 10.0 Å². The van der Waals surface area contributed by atoms with E-state index in [1.165, 1.54) is 28.5 Å². The van der Waals surface area contributed by atoms with E-state index in [1.54, 1.807) is 36.1 Å². The van der Waals surface area contributed by atoms with Gasteiger partial charge in [0.05, 0.1) is 27.7 Å². The van der Waals surface area contributed by atoms with Gasteiger partial charge in [-0.1, -0.05) is 29.3 Å². The van der Waals surface area contributed by atoms with Gasteiger partial charge in [-0.2, -0.15) is 8.78 Å². The van der Waals surface area contributed by atoms with Crippen LogP contribution in [0.1, 0.15) is 66.5 Å². The zero-order chi connectivity index (χ0) is 32.3. The molecule has 3 fully saturated rings. The molecule has 3 amide bonds. The summed E-state index contributed by atoms with van der Waals surface area (Å²) in [7, 11) is 0. The van der Waals surface area contributed by atoms with Crippen molar-refractivity contribution in [3.05, 3.63) is 62.2 Å². The normalized spacial score (nSPS) is 21.4. The van der Waals surface area contributed by atoms with Gasteiger partial charge >= 0.3 is 12.0 Å². The maximum Gasteiger partial charge on any atom is 0.410 e. The van der Waals surface area contributed by atoms with E-state index >= 15 is 8.78 Å². The number of hydrogen-bond donors (Lipinski definition) is 0. The number of alkyl halides is 2. The number of halogens is 4. The van der Waals surface area contributed by atoms with E-state index in [0.29, 0.717) is 24.3 Å². The number of rotatable bonds is 5. The maximum atomic E-state index is 15.5. The summed E-state index contributed by atoms with van der Waals surface area (Å²) in [6, 6.07) is 2.75. The number of ether oxygens (including phenoxy) is 1. The molecule has 0 saturated carbocycles. The molecule has 3 aliphatic rings. The largest absolute Gasteiger partial charge is 0.444 e. The van der Waals surface area contributed by atoms with Gasteiger partial charge < -0.3 is 19.0 Å². The molecule has 1 aromatic carbocycles. The highest BCUT2D eigenvalue weighted by atomic mass is 35.5. The lowest BCUT2D eigenvalue weighted by atomic mass is 9.71. The third-order valence-electron chi connectivity index (χ3n) is 8.36. The molecule has 5 heterocycles. The van der Waals surface area contributed by atoms with E-state index < -0.39 is 46.4 Å². The van der Waals surface area contributed by atoms with Gasteiger partial charge in [0.15, 0.2) is 0 Å². The first-order chi connectivity index (χ1) is 21.2. The molecule has 16 heteroatoms. The average molecular weight is 684 g/mol. The summed E-state index contributed by atoms with van der Waals surface area (Å²) in [5.41, 5.74) is -0.359. The fraction of sp³-hybridized carbons (Fsp3) is 0.517. The van der Waals surface area contributed by atoms with Crippen LogP contribution in [0.4, 0.5) is 13.6 Å². The molecule has 2 atom stereocenters. The van der Waals surface area contributed by atoms with Crippen LogP contribution in [0.5, 0.6) is 0 Å². The summed E-state index contributed by atoms with van der Waals surface area (Å²) in [6.07, 6.45) is 2.08. The molecule has 240 valence electrons. The number of amides is 3. The van der Waals surface area contributed by atoms with Crippen molar-refractivity contribution < 1.29 is 32.3 Å². The summed E-state index contributed by atoms with van der Waals surface area (Å²) in [5.74, 6) is -5.78. The van der Waals surface area contributed by atoms with Crippen LogP contribution < -0.4 is 0 Å². The minimum atomic E-state index is -3.67. The topological polar surface area (TPSA) is 122 Å². The molecule has 11 nitrogen and oxygen atoms in total. The Hall–Kier alpha value is -3.36. The molecule has 0 bridgehead atoms. The second kappa shape index (κ2) is 11.5. The molecular formula is C29H30Cl2F2N6O5S. The maximum absolute atomic E-state index is 15.5. The monoisotopic (exact) mass is 682 g/mol. The van der Waals surface area contributed by atoms with Gasteiger partial charge in [0.25, 0.3) is 11.8 Å². The Morgan fingerprint density at radius 2 is 1.82 bits per heavy atom. The van der Waals surface area contributed by atoms with E-state index in [-0.39, 0.29) is 53.9 Å². The number of benzene rings is 1. The predicted octanol–water partition coefficient (Wildman–Crippen LogP) is 5.44. The Labute approximate surface area is 271 Å². The fourth-order valence-corrected chi connectivity index (χ4v) is 7.11. The highest BCUT2D eigenvalue weighted by Gasteiger charge is 2.60. The average Bonchev–Trinajstić information content (AvgIpc) is 3.77. The van der Waals surface area contributed by atoms with Gasteiger partial charge in [-0.25, -0.2) is 4.79 Å². The summed E-state index contributed by atoms with van der Waals surface area (Å²) in [4.78, 5) is 48.9. The minimum absolute atomic E-state index is 0.0488. The number of likely N-dealkylation sites (tertiary alicyclic amines) is 3. The van der Waals surface area contributed by atoms with E-state index in [2.05, 4.69) is 15.2 Å². The van der Waals surface area contributed by atoms with Crippen LogP contribution in [-0.4, -0.2) is 92.2 Å². The lowest BCUT2D eigenvalue weighted by molar-refractivity contribution is -0.148. The zero-order valence-electron chi connectivity index (χ0n) is 24.6. The van der Waals surface area contributed by atoms with Crippen LogP contribution in [-0.2, 0) is 15.5 Å². The number of thiazole rings is 1. The van der Waals surface area contributed by atoms with E-state index in [4.69, 9.17) is 32.4 Å². The van der Waals surface area contributed by atoms with Crippen LogP contribution in [0.25, 0.3) is 0 Å². The van der Waals surface area contributed by atoms with Gasteiger partial charge in [0.2, 0.25) is 11.8 Å². The van der Waals surface area contributed by atoms with Crippen LogP contribution in [0, 0.1) is 5.41 Å². The van der Waals surface area contributed by atoms with E-state index in [0.717, 1.165) is 12.1 Å². The summed E-state index contributed by atoms with van der Waals surface area (Å²) >= 11 is 13.1. The summed E-state index contributed by atoms with van der Waals surface area (Å²) < 4.78 is 42.1. The molecule has 2 aromatic heterocycles. The molecule has 0 radical (unpaired) electrons. The molecule has 3 aromatic rings. The lowest BCUT2D eigenvalue weighted by Crippen LogP contribution is -2.64. The zero-order valence-corrected chi connectivity index (χ0v) is 27.0. The predicted molar refractivity (Wildman–Crippen MR) is 159 cm³/mol. The van der Waals surface area contributed by atoms with Crippen LogP contribution >= 0.6 is 34.5 Å². The van der Waals surface area contributed by atoms with Crippen molar-refractivity contribution in [1.82, 2.24) is 29.9 Å². The standard InChI is InChI=1S/C29H30Cl2F2N6O5S/c1-27(2,3)44-26(42)39-8-4-5-20(39)23(40)38-13-28(14-38)12-37(24(41)21-10-34-15-45-21)11-17(28)22-35-36-25(43-22)29(32,33)16-6-7-18(30)19(31)9-16/h6-7,9-10,15,17,20H,4-5,8,11-14H2,1-3H3/t17?,20-/m1/s1. The van der Waals surface area contributed by atoms with Crippen molar-refractivity contribution in [2.24, 2.45) is 5.41 Å². The molecule has 6 rings (SSSR count). The number of carbonyl (C=O) groups is 3. The number of nitrogens with zero attached hydrogens (tertiary/aromatic N) is 6. The Morgan fingerprint density at radius 1 is 1.09 bits per heavy atom. The smallest absolute Gasteiger partial charge is 0.410 e. The van der Waals surface area contributed by atoms with Crippen molar-refractivity contribution in [1.29, 1.82) is 0 Å². The molecule has 45 heavy (non-hydrogen) atoms. The van der Waals surface area contributed by atoms with Gasteiger partial charge in [-0.05, 0) is 45.7 Å². The molecule has 0 aliphatic carbocycles. The second-order valence-electron chi connectivity index (χ2n) is 12.6. The first-order valence-corrected chi connectivity index (χ1v) is 16.0. The lowest BCUT2D eigenvalue weighted by Gasteiger charge is -2.51. The Morgan fingerprint density at radius 3 is 2.49 bits per heavy atom. The third kappa shape index (κ3) is 5.87. The first-order valence-electron chi connectivity index (χ1n) is 14.3. The minimum Gasteiger partial charge on any atom is -0.444 e. The third-order valence-corrected chi connectivity index (χ3v) is 9.86. The van der Waals surface area contributed by atoms with Crippen LogP contribution in [0.3, 0.4) is 0 Å². The second-order valence-corrected chi connectivity index (χ2v) is 14.3. The van der Waals surface area contributed by atoms with E-state index in [9.17, 15) is 14.4 Å².